The van der Waals surface area contributed by atoms with Crippen molar-refractivity contribution in [3.8, 4) is 0 Å². The van der Waals surface area contributed by atoms with Gasteiger partial charge in [-0.2, -0.15) is 4.31 Å². The molecular formula is C25H27N7O2S2. The van der Waals surface area contributed by atoms with Crippen molar-refractivity contribution in [2.75, 3.05) is 37.2 Å². The van der Waals surface area contributed by atoms with E-state index in [2.05, 4.69) is 25.6 Å². The zero-order chi connectivity index (χ0) is 25.1. The third kappa shape index (κ3) is 5.39. The summed E-state index contributed by atoms with van der Waals surface area (Å²) in [5.41, 5.74) is 10.1. The summed E-state index contributed by atoms with van der Waals surface area (Å²) < 4.78 is 28.7. The summed E-state index contributed by atoms with van der Waals surface area (Å²) in [4.78, 5) is 13.4. The van der Waals surface area contributed by atoms with Crippen LogP contribution in [-0.4, -0.2) is 53.9 Å². The fourth-order valence-electron chi connectivity index (χ4n) is 4.01. The van der Waals surface area contributed by atoms with E-state index in [1.807, 2.05) is 37.3 Å². The van der Waals surface area contributed by atoms with Crippen LogP contribution in [-0.2, 0) is 10.0 Å². The van der Waals surface area contributed by atoms with Crippen LogP contribution >= 0.6 is 11.3 Å². The SMILES string of the molecule is Cc1cc(S(=O)(=O)N2CCCNCC2)ccc1Nc1ncc(/C=C/c2ccc3nc(N)sc3c2)cn1. The van der Waals surface area contributed by atoms with E-state index in [0.29, 0.717) is 35.6 Å². The van der Waals surface area contributed by atoms with Gasteiger partial charge in [0.2, 0.25) is 16.0 Å². The second kappa shape index (κ2) is 10.3. The Kier molecular flexibility index (Phi) is 6.97. The number of nitrogens with one attached hydrogen (secondary N) is 2. The number of hydrogen-bond donors (Lipinski definition) is 3. The summed E-state index contributed by atoms with van der Waals surface area (Å²) >= 11 is 1.46. The minimum atomic E-state index is -3.53. The number of rotatable bonds is 6. The van der Waals surface area contributed by atoms with Gasteiger partial charge >= 0.3 is 0 Å². The largest absolute Gasteiger partial charge is 0.375 e. The second-order valence-electron chi connectivity index (χ2n) is 8.56. The minimum absolute atomic E-state index is 0.299. The fraction of sp³-hybridized carbons (Fsp3) is 0.240. The van der Waals surface area contributed by atoms with Gasteiger partial charge in [-0.3, -0.25) is 0 Å². The molecule has 1 aliphatic heterocycles. The average Bonchev–Trinajstić information content (AvgIpc) is 3.04. The normalized spacial score (nSPS) is 15.4. The number of thiazole rings is 1. The predicted octanol–water partition coefficient (Wildman–Crippen LogP) is 3.87. The Morgan fingerprint density at radius 2 is 1.86 bits per heavy atom. The van der Waals surface area contributed by atoms with Gasteiger partial charge in [-0.25, -0.2) is 23.4 Å². The van der Waals surface area contributed by atoms with E-state index in [4.69, 9.17) is 5.73 Å². The minimum Gasteiger partial charge on any atom is -0.375 e. The Morgan fingerprint density at radius 3 is 2.67 bits per heavy atom. The van der Waals surface area contributed by atoms with Crippen LogP contribution in [0.4, 0.5) is 16.8 Å². The summed E-state index contributed by atoms with van der Waals surface area (Å²) in [6, 6.07) is 11.1. The lowest BCUT2D eigenvalue weighted by Crippen LogP contribution is -2.34. The Hall–Kier alpha value is -3.38. The number of benzene rings is 2. The predicted molar refractivity (Wildman–Crippen MR) is 146 cm³/mol. The number of anilines is 3. The maximum atomic E-state index is 13.1. The van der Waals surface area contributed by atoms with Crippen LogP contribution in [0.25, 0.3) is 22.4 Å². The van der Waals surface area contributed by atoms with Gasteiger partial charge < -0.3 is 16.4 Å². The van der Waals surface area contributed by atoms with Crippen molar-refractivity contribution in [1.82, 2.24) is 24.6 Å². The Balaban J connectivity index is 1.26. The molecule has 1 fully saturated rings. The molecule has 5 rings (SSSR count). The molecule has 4 N–H and O–H groups in total. The smallest absolute Gasteiger partial charge is 0.243 e. The third-order valence-corrected chi connectivity index (χ3v) is 8.69. The molecule has 186 valence electrons. The highest BCUT2D eigenvalue weighted by Crippen LogP contribution is 2.26. The molecule has 11 heteroatoms. The lowest BCUT2D eigenvalue weighted by atomic mass is 10.2. The number of aryl methyl sites for hydroxylation is 1. The van der Waals surface area contributed by atoms with Crippen LogP contribution in [0.15, 0.2) is 53.7 Å². The molecule has 4 aromatic rings. The van der Waals surface area contributed by atoms with Gasteiger partial charge in [0, 0.05) is 43.3 Å². The molecule has 0 bridgehead atoms. The molecule has 2 aromatic heterocycles. The fourth-order valence-corrected chi connectivity index (χ4v) is 6.36. The first kappa shape index (κ1) is 24.3. The van der Waals surface area contributed by atoms with Gasteiger partial charge in [0.15, 0.2) is 5.13 Å². The molecule has 0 atom stereocenters. The van der Waals surface area contributed by atoms with E-state index in [1.165, 1.54) is 11.3 Å². The van der Waals surface area contributed by atoms with E-state index < -0.39 is 10.0 Å². The number of nitrogens with zero attached hydrogens (tertiary/aromatic N) is 4. The quantitative estimate of drug-likeness (QED) is 0.349. The lowest BCUT2D eigenvalue weighted by Gasteiger charge is -2.20. The van der Waals surface area contributed by atoms with Gasteiger partial charge in [-0.15, -0.1) is 0 Å². The van der Waals surface area contributed by atoms with Gasteiger partial charge in [0.25, 0.3) is 0 Å². The molecule has 0 saturated carbocycles. The number of fused-ring (bicyclic) bond motifs is 1. The molecule has 9 nitrogen and oxygen atoms in total. The number of nitrogen functional groups attached to an aromatic ring is 1. The van der Waals surface area contributed by atoms with E-state index in [0.717, 1.165) is 45.6 Å². The van der Waals surface area contributed by atoms with E-state index >= 15 is 0 Å². The lowest BCUT2D eigenvalue weighted by molar-refractivity contribution is 0.432. The number of hydrogen-bond acceptors (Lipinski definition) is 9. The summed E-state index contributed by atoms with van der Waals surface area (Å²) in [5, 5.41) is 6.98. The average molecular weight is 522 g/mol. The van der Waals surface area contributed by atoms with Crippen molar-refractivity contribution in [3.63, 3.8) is 0 Å². The van der Waals surface area contributed by atoms with E-state index in [1.54, 1.807) is 34.9 Å². The zero-order valence-corrected chi connectivity index (χ0v) is 21.4. The molecule has 3 heterocycles. The maximum Gasteiger partial charge on any atom is 0.243 e. The van der Waals surface area contributed by atoms with Gasteiger partial charge in [0.05, 0.1) is 15.1 Å². The standard InChI is InChI=1S/C25H27N7O2S2/c1-17-13-20(36(33,34)32-11-2-9-27-10-12-32)6-8-21(17)31-25-28-15-19(16-29-25)4-3-18-5-7-22-23(14-18)35-24(26)30-22/h3-8,13-16,27H,2,9-12H2,1H3,(H2,26,30)(H,28,29,31)/b4-3+. The highest BCUT2D eigenvalue weighted by Gasteiger charge is 2.25. The first-order valence-electron chi connectivity index (χ1n) is 11.6. The molecule has 0 spiro atoms. The molecule has 0 amide bonds. The Bertz CT molecular complexity index is 1510. The van der Waals surface area contributed by atoms with Crippen LogP contribution in [0.2, 0.25) is 0 Å². The van der Waals surface area contributed by atoms with E-state index in [-0.39, 0.29) is 0 Å². The molecule has 2 aromatic carbocycles. The van der Waals surface area contributed by atoms with Crippen LogP contribution in [0.1, 0.15) is 23.1 Å². The highest BCUT2D eigenvalue weighted by atomic mass is 32.2. The molecule has 1 aliphatic rings. The summed E-state index contributed by atoms with van der Waals surface area (Å²) in [5.74, 6) is 0.436. The molecule has 1 saturated heterocycles. The first-order valence-corrected chi connectivity index (χ1v) is 13.9. The maximum absolute atomic E-state index is 13.1. The molecule has 0 unspecified atom stereocenters. The summed E-state index contributed by atoms with van der Waals surface area (Å²) in [6.45, 7) is 4.37. The van der Waals surface area contributed by atoms with Crippen LogP contribution in [0.5, 0.6) is 0 Å². The van der Waals surface area contributed by atoms with Crippen LogP contribution < -0.4 is 16.4 Å². The number of aromatic nitrogens is 3. The molecule has 0 aliphatic carbocycles. The molecular weight excluding hydrogens is 494 g/mol. The van der Waals surface area contributed by atoms with Crippen molar-refractivity contribution in [2.45, 2.75) is 18.2 Å². The van der Waals surface area contributed by atoms with Crippen LogP contribution in [0, 0.1) is 6.92 Å². The summed E-state index contributed by atoms with van der Waals surface area (Å²) in [6.07, 6.45) is 8.20. The van der Waals surface area contributed by atoms with Crippen molar-refractivity contribution in [2.24, 2.45) is 0 Å². The van der Waals surface area contributed by atoms with Gasteiger partial charge in [-0.1, -0.05) is 29.6 Å². The topological polar surface area (TPSA) is 126 Å². The first-order chi connectivity index (χ1) is 17.4. The summed E-state index contributed by atoms with van der Waals surface area (Å²) in [7, 11) is -3.53. The second-order valence-corrected chi connectivity index (χ2v) is 11.6. The molecule has 36 heavy (non-hydrogen) atoms. The van der Waals surface area contributed by atoms with Gasteiger partial charge in [0.1, 0.15) is 0 Å². The van der Waals surface area contributed by atoms with Crippen molar-refractivity contribution in [3.05, 3.63) is 65.5 Å². The number of nitrogens with two attached hydrogens (primary N) is 1. The Morgan fingerprint density at radius 1 is 1.06 bits per heavy atom. The highest BCUT2D eigenvalue weighted by molar-refractivity contribution is 7.89. The third-order valence-electron chi connectivity index (χ3n) is 5.95. The van der Waals surface area contributed by atoms with E-state index in [9.17, 15) is 8.42 Å². The van der Waals surface area contributed by atoms with Gasteiger partial charge in [-0.05, 0) is 61.3 Å². The van der Waals surface area contributed by atoms with Crippen molar-refractivity contribution in [1.29, 1.82) is 0 Å². The zero-order valence-electron chi connectivity index (χ0n) is 19.8. The monoisotopic (exact) mass is 521 g/mol. The number of sulfonamides is 1. The Labute approximate surface area is 214 Å². The molecule has 0 radical (unpaired) electrons. The van der Waals surface area contributed by atoms with Crippen molar-refractivity contribution < 1.29 is 8.42 Å². The van der Waals surface area contributed by atoms with Crippen molar-refractivity contribution >= 4 is 60.5 Å². The van der Waals surface area contributed by atoms with Crippen LogP contribution in [0.3, 0.4) is 0 Å².